The van der Waals surface area contributed by atoms with E-state index >= 15 is 0 Å². The summed E-state index contributed by atoms with van der Waals surface area (Å²) >= 11 is 6.77. The second-order valence-corrected chi connectivity index (χ2v) is 10.4. The van der Waals surface area contributed by atoms with Gasteiger partial charge < -0.3 is 9.80 Å². The number of likely N-dealkylation sites (N-methyl/N-ethyl adjacent to an activating group) is 1. The fourth-order valence-electron chi connectivity index (χ4n) is 4.48. The van der Waals surface area contributed by atoms with E-state index in [-0.39, 0.29) is 11.5 Å². The minimum absolute atomic E-state index is 0.181. The number of carbonyl (C=O) groups is 1. The van der Waals surface area contributed by atoms with Crippen molar-refractivity contribution in [1.29, 1.82) is 0 Å². The van der Waals surface area contributed by atoms with Crippen molar-refractivity contribution in [2.45, 2.75) is 20.4 Å². The average Bonchev–Trinajstić information content (AvgIpc) is 3.14. The summed E-state index contributed by atoms with van der Waals surface area (Å²) in [5.41, 5.74) is 2.82. The highest BCUT2D eigenvalue weighted by molar-refractivity contribution is 8.26. The second-order valence-electron chi connectivity index (χ2n) is 8.71. The molecule has 35 heavy (non-hydrogen) atoms. The number of thioether (sulfide) groups is 1. The number of carbonyl (C=O) groups excluding carboxylic acids is 1. The van der Waals surface area contributed by atoms with E-state index in [1.54, 1.807) is 21.6 Å². The van der Waals surface area contributed by atoms with Gasteiger partial charge in [0.2, 0.25) is 0 Å². The molecule has 2 saturated heterocycles. The summed E-state index contributed by atoms with van der Waals surface area (Å²) < 4.78 is 2.06. The van der Waals surface area contributed by atoms with Crippen molar-refractivity contribution in [3.63, 3.8) is 0 Å². The first-order valence-electron chi connectivity index (χ1n) is 11.7. The van der Waals surface area contributed by atoms with Crippen LogP contribution in [0.25, 0.3) is 11.7 Å². The van der Waals surface area contributed by atoms with Gasteiger partial charge in [-0.1, -0.05) is 67.3 Å². The molecule has 0 aliphatic carbocycles. The van der Waals surface area contributed by atoms with E-state index in [1.807, 2.05) is 49.4 Å². The Morgan fingerprint density at radius 1 is 1.06 bits per heavy atom. The van der Waals surface area contributed by atoms with Crippen molar-refractivity contribution in [1.82, 2.24) is 19.2 Å². The summed E-state index contributed by atoms with van der Waals surface area (Å²) in [7, 11) is 0. The van der Waals surface area contributed by atoms with Gasteiger partial charge >= 0.3 is 0 Å². The van der Waals surface area contributed by atoms with Gasteiger partial charge in [-0.25, -0.2) is 4.98 Å². The molecule has 7 nitrogen and oxygen atoms in total. The molecule has 0 unspecified atom stereocenters. The number of aromatic nitrogens is 2. The lowest BCUT2D eigenvalue weighted by Gasteiger charge is -2.35. The van der Waals surface area contributed by atoms with Crippen LogP contribution in [0, 0.1) is 6.92 Å². The Morgan fingerprint density at radius 3 is 2.51 bits per heavy atom. The van der Waals surface area contributed by atoms with Crippen molar-refractivity contribution in [2.75, 3.05) is 37.6 Å². The van der Waals surface area contributed by atoms with Crippen molar-refractivity contribution in [3.8, 4) is 0 Å². The molecule has 2 aliphatic rings. The third kappa shape index (κ3) is 4.63. The molecule has 0 N–H and O–H groups in total. The molecular weight excluding hydrogens is 478 g/mol. The number of hydrogen-bond acceptors (Lipinski definition) is 7. The first-order valence-corrected chi connectivity index (χ1v) is 13.0. The third-order valence-electron chi connectivity index (χ3n) is 6.52. The molecule has 4 heterocycles. The number of thiocarbonyl (C=S) groups is 1. The number of benzene rings is 1. The molecule has 180 valence electrons. The normalized spacial score (nSPS) is 18.3. The molecule has 1 amide bonds. The number of piperazine rings is 1. The van der Waals surface area contributed by atoms with Gasteiger partial charge in [-0.3, -0.25) is 18.9 Å². The average molecular weight is 506 g/mol. The predicted octanol–water partition coefficient (Wildman–Crippen LogP) is 3.55. The lowest BCUT2D eigenvalue weighted by Crippen LogP contribution is -2.47. The van der Waals surface area contributed by atoms with E-state index in [9.17, 15) is 9.59 Å². The van der Waals surface area contributed by atoms with Gasteiger partial charge in [0.25, 0.3) is 11.5 Å². The highest BCUT2D eigenvalue weighted by Crippen LogP contribution is 2.34. The van der Waals surface area contributed by atoms with Crippen LogP contribution in [0.1, 0.15) is 23.6 Å². The van der Waals surface area contributed by atoms with Crippen LogP contribution >= 0.6 is 24.0 Å². The maximum Gasteiger partial charge on any atom is 0.267 e. The monoisotopic (exact) mass is 505 g/mol. The SMILES string of the molecule is CCN1CCN(c2nc3c(C)cccn3c(=O)c2C=C2SC(=S)N(Cc3ccccc3)C2=O)CC1. The molecule has 0 atom stereocenters. The number of pyridine rings is 1. The molecule has 2 aliphatic heterocycles. The number of fused-ring (bicyclic) bond motifs is 1. The van der Waals surface area contributed by atoms with Crippen LogP contribution in [-0.4, -0.2) is 62.1 Å². The molecule has 1 aromatic carbocycles. The molecule has 2 aromatic heterocycles. The fourth-order valence-corrected chi connectivity index (χ4v) is 5.71. The zero-order valence-corrected chi connectivity index (χ0v) is 21.4. The van der Waals surface area contributed by atoms with Gasteiger partial charge in [0.1, 0.15) is 15.8 Å². The number of rotatable bonds is 5. The minimum atomic E-state index is -0.181. The number of anilines is 1. The topological polar surface area (TPSA) is 61.2 Å². The maximum absolute atomic E-state index is 13.7. The lowest BCUT2D eigenvalue weighted by molar-refractivity contribution is -0.122. The summed E-state index contributed by atoms with van der Waals surface area (Å²) in [6.07, 6.45) is 3.42. The first kappa shape index (κ1) is 23.7. The summed E-state index contributed by atoms with van der Waals surface area (Å²) in [5.74, 6) is 0.452. The quantitative estimate of drug-likeness (QED) is 0.388. The molecule has 0 saturated carbocycles. The molecule has 3 aromatic rings. The van der Waals surface area contributed by atoms with Crippen LogP contribution in [0.3, 0.4) is 0 Å². The molecule has 0 radical (unpaired) electrons. The van der Waals surface area contributed by atoms with Crippen LogP contribution < -0.4 is 10.5 Å². The predicted molar refractivity (Wildman–Crippen MR) is 146 cm³/mol. The lowest BCUT2D eigenvalue weighted by atomic mass is 10.2. The van der Waals surface area contributed by atoms with Crippen molar-refractivity contribution in [3.05, 3.63) is 80.6 Å². The smallest absolute Gasteiger partial charge is 0.267 e. The Balaban J connectivity index is 1.56. The number of aryl methyl sites for hydroxylation is 1. The van der Waals surface area contributed by atoms with Gasteiger partial charge in [0.05, 0.1) is 17.0 Å². The van der Waals surface area contributed by atoms with Crippen LogP contribution in [0.5, 0.6) is 0 Å². The second kappa shape index (κ2) is 9.93. The Labute approximate surface area is 214 Å². The molecule has 0 bridgehead atoms. The Kier molecular flexibility index (Phi) is 6.73. The van der Waals surface area contributed by atoms with E-state index in [4.69, 9.17) is 17.2 Å². The van der Waals surface area contributed by atoms with Gasteiger partial charge in [-0.2, -0.15) is 0 Å². The van der Waals surface area contributed by atoms with Gasteiger partial charge in [-0.15, -0.1) is 0 Å². The molecule has 0 spiro atoms. The molecule has 5 rings (SSSR count). The summed E-state index contributed by atoms with van der Waals surface area (Å²) in [6.45, 7) is 8.88. The van der Waals surface area contributed by atoms with Gasteiger partial charge in [0, 0.05) is 32.4 Å². The van der Waals surface area contributed by atoms with Gasteiger partial charge in [-0.05, 0) is 36.7 Å². The summed E-state index contributed by atoms with van der Waals surface area (Å²) in [4.78, 5) is 38.5. The van der Waals surface area contributed by atoms with E-state index in [0.29, 0.717) is 32.8 Å². The largest absolute Gasteiger partial charge is 0.353 e. The molecule has 9 heteroatoms. The van der Waals surface area contributed by atoms with Crippen LogP contribution in [0.15, 0.2) is 58.4 Å². The number of amides is 1. The zero-order valence-electron chi connectivity index (χ0n) is 19.8. The summed E-state index contributed by atoms with van der Waals surface area (Å²) in [6, 6.07) is 13.6. The van der Waals surface area contributed by atoms with Gasteiger partial charge in [0.15, 0.2) is 0 Å². The van der Waals surface area contributed by atoms with Crippen LogP contribution in [0.4, 0.5) is 5.82 Å². The van der Waals surface area contributed by atoms with E-state index in [2.05, 4.69) is 16.7 Å². The highest BCUT2D eigenvalue weighted by atomic mass is 32.2. The number of nitrogens with zero attached hydrogens (tertiary/aromatic N) is 5. The number of hydrogen-bond donors (Lipinski definition) is 0. The fraction of sp³-hybridized carbons (Fsp3) is 0.308. The van der Waals surface area contributed by atoms with E-state index in [1.165, 1.54) is 11.8 Å². The van der Waals surface area contributed by atoms with Crippen molar-refractivity contribution >= 4 is 51.7 Å². The minimum Gasteiger partial charge on any atom is -0.353 e. The standard InChI is InChI=1S/C26H27N5O2S2/c1-3-28-12-14-29(15-13-28)23-20(24(32)30-11-7-8-18(2)22(30)27-23)16-21-25(33)31(26(34)35-21)17-19-9-5-4-6-10-19/h4-11,16H,3,12-15,17H2,1-2H3. The third-order valence-corrected chi connectivity index (χ3v) is 7.89. The van der Waals surface area contributed by atoms with Crippen LogP contribution in [0.2, 0.25) is 0 Å². The maximum atomic E-state index is 13.7. The highest BCUT2D eigenvalue weighted by Gasteiger charge is 2.33. The Hall–Kier alpha value is -3.01. The Bertz CT molecular complexity index is 1380. The molecular formula is C26H27N5O2S2. The molecule has 2 fully saturated rings. The van der Waals surface area contributed by atoms with Crippen molar-refractivity contribution in [2.24, 2.45) is 0 Å². The van der Waals surface area contributed by atoms with E-state index < -0.39 is 0 Å². The summed E-state index contributed by atoms with van der Waals surface area (Å²) in [5, 5.41) is 0. The van der Waals surface area contributed by atoms with Crippen LogP contribution in [-0.2, 0) is 11.3 Å². The zero-order chi connectivity index (χ0) is 24.5. The first-order chi connectivity index (χ1) is 17.0. The van der Waals surface area contributed by atoms with E-state index in [0.717, 1.165) is 43.9 Å². The van der Waals surface area contributed by atoms with Crippen molar-refractivity contribution < 1.29 is 4.79 Å². The Morgan fingerprint density at radius 2 is 1.80 bits per heavy atom.